The maximum Gasteiger partial charge on any atom is 0.338 e. The molecule has 0 saturated heterocycles. The first-order chi connectivity index (χ1) is 13.5. The molecule has 0 aliphatic heterocycles. The van der Waals surface area contributed by atoms with E-state index in [9.17, 15) is 9.59 Å². The second-order valence-electron chi connectivity index (χ2n) is 6.05. The number of hydrogen-bond donors (Lipinski definition) is 1. The molecule has 0 radical (unpaired) electrons. The second kappa shape index (κ2) is 8.47. The van der Waals surface area contributed by atoms with Crippen LogP contribution in [-0.4, -0.2) is 37.3 Å². The molecule has 7 heteroatoms. The third-order valence-corrected chi connectivity index (χ3v) is 4.27. The highest BCUT2D eigenvalue weighted by Gasteiger charge is 2.12. The van der Waals surface area contributed by atoms with Gasteiger partial charge in [0.05, 0.1) is 31.9 Å². The van der Waals surface area contributed by atoms with Gasteiger partial charge in [-0.3, -0.25) is 4.79 Å². The fourth-order valence-corrected chi connectivity index (χ4v) is 2.92. The number of amides is 1. The van der Waals surface area contributed by atoms with Gasteiger partial charge in [-0.1, -0.05) is 0 Å². The SMILES string of the molecule is CCOC(=O)c1ccc(NC(=O)Cn2ccc3c(OC)cc(OC)cc32)cc1. The molecule has 0 bridgehead atoms. The quantitative estimate of drug-likeness (QED) is 0.633. The molecule has 0 atom stereocenters. The Kier molecular flexibility index (Phi) is 5.84. The molecule has 0 fully saturated rings. The number of nitrogens with one attached hydrogen (secondary N) is 1. The number of carbonyl (C=O) groups excluding carboxylic acids is 2. The minimum absolute atomic E-state index is 0.124. The summed E-state index contributed by atoms with van der Waals surface area (Å²) >= 11 is 0. The summed E-state index contributed by atoms with van der Waals surface area (Å²) in [5.74, 6) is 0.757. The van der Waals surface area contributed by atoms with E-state index in [2.05, 4.69) is 5.32 Å². The summed E-state index contributed by atoms with van der Waals surface area (Å²) in [6, 6.07) is 12.1. The fourth-order valence-electron chi connectivity index (χ4n) is 2.92. The zero-order valence-electron chi connectivity index (χ0n) is 16.0. The molecule has 0 aliphatic carbocycles. The Morgan fingerprint density at radius 2 is 1.79 bits per heavy atom. The van der Waals surface area contributed by atoms with E-state index < -0.39 is 0 Å². The van der Waals surface area contributed by atoms with E-state index in [4.69, 9.17) is 14.2 Å². The molecule has 3 rings (SSSR count). The average Bonchev–Trinajstić information content (AvgIpc) is 3.10. The van der Waals surface area contributed by atoms with Crippen molar-refractivity contribution in [2.75, 3.05) is 26.1 Å². The normalized spacial score (nSPS) is 10.5. The maximum absolute atomic E-state index is 12.5. The fraction of sp³-hybridized carbons (Fsp3) is 0.238. The molecule has 1 heterocycles. The molecule has 0 spiro atoms. The predicted octanol–water partition coefficient (Wildman–Crippen LogP) is 3.47. The third kappa shape index (κ3) is 4.09. The van der Waals surface area contributed by atoms with Crippen LogP contribution in [0, 0.1) is 0 Å². The van der Waals surface area contributed by atoms with Gasteiger partial charge in [-0.15, -0.1) is 0 Å². The van der Waals surface area contributed by atoms with Gasteiger partial charge in [0.25, 0.3) is 0 Å². The van der Waals surface area contributed by atoms with Crippen LogP contribution >= 0.6 is 0 Å². The van der Waals surface area contributed by atoms with Crippen molar-refractivity contribution in [2.45, 2.75) is 13.5 Å². The highest BCUT2D eigenvalue weighted by molar-refractivity contribution is 5.94. The number of carbonyl (C=O) groups is 2. The van der Waals surface area contributed by atoms with Gasteiger partial charge in [-0.25, -0.2) is 4.79 Å². The molecule has 146 valence electrons. The van der Waals surface area contributed by atoms with Crippen LogP contribution in [0.4, 0.5) is 5.69 Å². The summed E-state index contributed by atoms with van der Waals surface area (Å²) in [4.78, 5) is 24.2. The van der Waals surface area contributed by atoms with Gasteiger partial charge in [0, 0.05) is 29.4 Å². The highest BCUT2D eigenvalue weighted by atomic mass is 16.5. The number of rotatable bonds is 7. The van der Waals surface area contributed by atoms with Gasteiger partial charge in [0.1, 0.15) is 18.0 Å². The zero-order valence-corrected chi connectivity index (χ0v) is 16.0. The Morgan fingerprint density at radius 1 is 1.04 bits per heavy atom. The van der Waals surface area contributed by atoms with Crippen molar-refractivity contribution < 1.29 is 23.8 Å². The molecule has 2 aromatic carbocycles. The maximum atomic E-state index is 12.5. The zero-order chi connectivity index (χ0) is 20.1. The minimum Gasteiger partial charge on any atom is -0.497 e. The smallest absolute Gasteiger partial charge is 0.338 e. The molecule has 3 aromatic rings. The van der Waals surface area contributed by atoms with Crippen molar-refractivity contribution in [3.8, 4) is 11.5 Å². The summed E-state index contributed by atoms with van der Waals surface area (Å²) in [7, 11) is 3.18. The molecule has 1 aromatic heterocycles. The number of anilines is 1. The van der Waals surface area contributed by atoms with Crippen LogP contribution in [0.25, 0.3) is 10.9 Å². The van der Waals surface area contributed by atoms with Crippen LogP contribution in [0.15, 0.2) is 48.7 Å². The van der Waals surface area contributed by atoms with Crippen molar-refractivity contribution in [1.82, 2.24) is 4.57 Å². The van der Waals surface area contributed by atoms with Crippen LogP contribution in [-0.2, 0) is 16.1 Å². The first-order valence-corrected chi connectivity index (χ1v) is 8.83. The Hall–Kier alpha value is -3.48. The van der Waals surface area contributed by atoms with Gasteiger partial charge in [0.15, 0.2) is 0 Å². The van der Waals surface area contributed by atoms with E-state index in [1.165, 1.54) is 0 Å². The van der Waals surface area contributed by atoms with Gasteiger partial charge in [-0.05, 0) is 37.3 Å². The molecular weight excluding hydrogens is 360 g/mol. The van der Waals surface area contributed by atoms with E-state index in [-0.39, 0.29) is 18.4 Å². The molecule has 0 unspecified atom stereocenters. The lowest BCUT2D eigenvalue weighted by Crippen LogP contribution is -2.18. The van der Waals surface area contributed by atoms with Gasteiger partial charge in [-0.2, -0.15) is 0 Å². The minimum atomic E-state index is -0.387. The summed E-state index contributed by atoms with van der Waals surface area (Å²) in [5.41, 5.74) is 1.88. The van der Waals surface area contributed by atoms with E-state index in [0.29, 0.717) is 29.4 Å². The largest absolute Gasteiger partial charge is 0.497 e. The number of hydrogen-bond acceptors (Lipinski definition) is 5. The number of methoxy groups -OCH3 is 2. The third-order valence-electron chi connectivity index (χ3n) is 4.27. The van der Waals surface area contributed by atoms with Gasteiger partial charge in [0.2, 0.25) is 5.91 Å². The van der Waals surface area contributed by atoms with Crippen LogP contribution in [0.2, 0.25) is 0 Å². The summed E-state index contributed by atoms with van der Waals surface area (Å²) in [6.45, 7) is 2.19. The standard InChI is InChI=1S/C21H22N2O5/c1-4-28-21(25)14-5-7-15(8-6-14)22-20(24)13-23-10-9-17-18(23)11-16(26-2)12-19(17)27-3/h5-12H,4,13H2,1-3H3,(H,22,24). The van der Waals surface area contributed by atoms with E-state index >= 15 is 0 Å². The van der Waals surface area contributed by atoms with E-state index in [0.717, 1.165) is 10.9 Å². The second-order valence-corrected chi connectivity index (χ2v) is 6.05. The lowest BCUT2D eigenvalue weighted by molar-refractivity contribution is -0.116. The number of nitrogens with zero attached hydrogens (tertiary/aromatic N) is 1. The number of fused-ring (bicyclic) bond motifs is 1. The van der Waals surface area contributed by atoms with E-state index in [1.54, 1.807) is 51.5 Å². The lowest BCUT2D eigenvalue weighted by Gasteiger charge is -2.10. The number of esters is 1. The Morgan fingerprint density at radius 3 is 2.43 bits per heavy atom. The molecular formula is C21H22N2O5. The lowest BCUT2D eigenvalue weighted by atomic mass is 10.2. The Balaban J connectivity index is 1.74. The number of ether oxygens (including phenoxy) is 3. The monoisotopic (exact) mass is 382 g/mol. The van der Waals surface area contributed by atoms with Gasteiger partial charge < -0.3 is 24.1 Å². The van der Waals surface area contributed by atoms with Crippen LogP contribution in [0.3, 0.4) is 0 Å². The highest BCUT2D eigenvalue weighted by Crippen LogP contribution is 2.31. The molecule has 0 aliphatic rings. The van der Waals surface area contributed by atoms with Gasteiger partial charge >= 0.3 is 5.97 Å². The first kappa shape index (κ1) is 19.3. The summed E-state index contributed by atoms with van der Waals surface area (Å²) in [5, 5.41) is 3.72. The number of aromatic nitrogens is 1. The predicted molar refractivity (Wildman–Crippen MR) is 106 cm³/mol. The molecule has 0 saturated carbocycles. The molecule has 1 N–H and O–H groups in total. The van der Waals surface area contributed by atoms with Crippen LogP contribution in [0.1, 0.15) is 17.3 Å². The van der Waals surface area contributed by atoms with E-state index in [1.807, 2.05) is 22.9 Å². The molecule has 1 amide bonds. The number of benzene rings is 2. The molecule has 28 heavy (non-hydrogen) atoms. The van der Waals surface area contributed by atoms with Crippen molar-refractivity contribution in [2.24, 2.45) is 0 Å². The first-order valence-electron chi connectivity index (χ1n) is 8.83. The average molecular weight is 382 g/mol. The summed E-state index contributed by atoms with van der Waals surface area (Å²) < 4.78 is 17.5. The summed E-state index contributed by atoms with van der Waals surface area (Å²) in [6.07, 6.45) is 1.83. The topological polar surface area (TPSA) is 78.8 Å². The van der Waals surface area contributed by atoms with Crippen LogP contribution < -0.4 is 14.8 Å². The van der Waals surface area contributed by atoms with Crippen molar-refractivity contribution in [3.05, 3.63) is 54.2 Å². The Labute approximate surface area is 162 Å². The van der Waals surface area contributed by atoms with Crippen molar-refractivity contribution in [3.63, 3.8) is 0 Å². The van der Waals surface area contributed by atoms with Crippen molar-refractivity contribution in [1.29, 1.82) is 0 Å². The molecule has 7 nitrogen and oxygen atoms in total. The van der Waals surface area contributed by atoms with Crippen molar-refractivity contribution >= 4 is 28.5 Å². The van der Waals surface area contributed by atoms with Crippen LogP contribution in [0.5, 0.6) is 11.5 Å². The Bertz CT molecular complexity index is 992.